The Bertz CT molecular complexity index is 593. The van der Waals surface area contributed by atoms with Crippen LogP contribution in [0.4, 0.5) is 5.69 Å². The maximum absolute atomic E-state index is 11.5. The van der Waals surface area contributed by atoms with Gasteiger partial charge in [0, 0.05) is 12.2 Å². The lowest BCUT2D eigenvalue weighted by Gasteiger charge is -2.10. The number of rotatable bonds is 5. The molecule has 2 rings (SSSR count). The molecule has 0 bridgehead atoms. The van der Waals surface area contributed by atoms with Crippen molar-refractivity contribution in [2.75, 3.05) is 5.32 Å². The van der Waals surface area contributed by atoms with E-state index in [1.165, 1.54) is 6.07 Å². The number of para-hydroxylation sites is 1. The third-order valence-corrected chi connectivity index (χ3v) is 2.69. The first-order valence-corrected chi connectivity index (χ1v) is 5.83. The van der Waals surface area contributed by atoms with Crippen LogP contribution < -0.4 is 5.32 Å². The number of hydrogen-bond acceptors (Lipinski definition) is 3. The van der Waals surface area contributed by atoms with Gasteiger partial charge in [-0.3, -0.25) is 4.79 Å². The average molecular weight is 255 g/mol. The van der Waals surface area contributed by atoms with Crippen molar-refractivity contribution in [2.24, 2.45) is 0 Å². The van der Waals surface area contributed by atoms with Gasteiger partial charge in [-0.1, -0.05) is 42.5 Å². The van der Waals surface area contributed by atoms with E-state index in [-0.39, 0.29) is 5.56 Å². The summed E-state index contributed by atoms with van der Waals surface area (Å²) < 4.78 is 0. The van der Waals surface area contributed by atoms with Crippen molar-refractivity contribution in [1.29, 1.82) is 0 Å². The van der Waals surface area contributed by atoms with Crippen LogP contribution in [-0.2, 0) is 11.3 Å². The Balaban J connectivity index is 2.17. The predicted octanol–water partition coefficient (Wildman–Crippen LogP) is 2.57. The molecule has 2 N–H and O–H groups in total. The van der Waals surface area contributed by atoms with E-state index in [1.54, 1.807) is 18.2 Å². The standard InChI is InChI=1S/C15H13NO3/c17-14(15(18)19)12-8-4-5-9-13(12)16-10-11-6-2-1-3-7-11/h1-9,16H,10H2,(H,18,19). The Morgan fingerprint density at radius 1 is 0.947 bits per heavy atom. The van der Waals surface area contributed by atoms with Crippen molar-refractivity contribution in [3.63, 3.8) is 0 Å². The molecule has 96 valence electrons. The van der Waals surface area contributed by atoms with Gasteiger partial charge in [0.05, 0.1) is 5.56 Å². The molecule has 0 aromatic heterocycles. The number of anilines is 1. The van der Waals surface area contributed by atoms with Gasteiger partial charge in [0.15, 0.2) is 0 Å². The highest BCUT2D eigenvalue weighted by atomic mass is 16.4. The number of benzene rings is 2. The lowest BCUT2D eigenvalue weighted by atomic mass is 10.1. The summed E-state index contributed by atoms with van der Waals surface area (Å²) in [6, 6.07) is 16.3. The van der Waals surface area contributed by atoms with Crippen molar-refractivity contribution in [3.05, 3.63) is 65.7 Å². The van der Waals surface area contributed by atoms with Gasteiger partial charge in [-0.05, 0) is 17.7 Å². The highest BCUT2D eigenvalue weighted by molar-refractivity contribution is 6.41. The van der Waals surface area contributed by atoms with Crippen LogP contribution in [0, 0.1) is 0 Å². The molecule has 0 atom stereocenters. The van der Waals surface area contributed by atoms with E-state index in [0.29, 0.717) is 12.2 Å². The lowest BCUT2D eigenvalue weighted by Crippen LogP contribution is -2.15. The Morgan fingerprint density at radius 2 is 1.58 bits per heavy atom. The van der Waals surface area contributed by atoms with Crippen molar-refractivity contribution in [2.45, 2.75) is 6.54 Å². The van der Waals surface area contributed by atoms with Gasteiger partial charge in [-0.2, -0.15) is 0 Å². The molecule has 2 aromatic carbocycles. The Hall–Kier alpha value is -2.62. The van der Waals surface area contributed by atoms with E-state index in [4.69, 9.17) is 5.11 Å². The van der Waals surface area contributed by atoms with E-state index in [9.17, 15) is 9.59 Å². The van der Waals surface area contributed by atoms with Crippen LogP contribution in [0.2, 0.25) is 0 Å². The third-order valence-electron chi connectivity index (χ3n) is 2.69. The van der Waals surface area contributed by atoms with Crippen molar-refractivity contribution >= 4 is 17.4 Å². The quantitative estimate of drug-likeness (QED) is 0.636. The largest absolute Gasteiger partial charge is 0.475 e. The summed E-state index contributed by atoms with van der Waals surface area (Å²) in [7, 11) is 0. The minimum absolute atomic E-state index is 0.172. The number of ketones is 1. The third kappa shape index (κ3) is 3.19. The number of carbonyl (C=O) groups excluding carboxylic acids is 1. The van der Waals surface area contributed by atoms with Crippen LogP contribution >= 0.6 is 0 Å². The predicted molar refractivity (Wildman–Crippen MR) is 72.2 cm³/mol. The van der Waals surface area contributed by atoms with E-state index in [2.05, 4.69) is 5.32 Å². The molecule has 0 saturated carbocycles. The van der Waals surface area contributed by atoms with Crippen LogP contribution in [0.3, 0.4) is 0 Å². The summed E-state index contributed by atoms with van der Waals surface area (Å²) in [4.78, 5) is 22.3. The fourth-order valence-electron chi connectivity index (χ4n) is 1.74. The second kappa shape index (κ2) is 5.82. The molecule has 0 radical (unpaired) electrons. The summed E-state index contributed by atoms with van der Waals surface area (Å²) in [6.07, 6.45) is 0. The van der Waals surface area contributed by atoms with Gasteiger partial charge >= 0.3 is 5.97 Å². The van der Waals surface area contributed by atoms with E-state index in [1.807, 2.05) is 30.3 Å². The maximum Gasteiger partial charge on any atom is 0.377 e. The summed E-state index contributed by atoms with van der Waals surface area (Å²) in [5.74, 6) is -2.36. The molecule has 2 aromatic rings. The maximum atomic E-state index is 11.5. The normalized spacial score (nSPS) is 9.89. The van der Waals surface area contributed by atoms with Gasteiger partial charge < -0.3 is 10.4 Å². The summed E-state index contributed by atoms with van der Waals surface area (Å²) in [5.41, 5.74) is 1.75. The molecule has 0 fully saturated rings. The van der Waals surface area contributed by atoms with E-state index in [0.717, 1.165) is 5.56 Å². The zero-order valence-electron chi connectivity index (χ0n) is 10.2. The Kier molecular flexibility index (Phi) is 3.93. The smallest absolute Gasteiger partial charge is 0.377 e. The van der Waals surface area contributed by atoms with E-state index < -0.39 is 11.8 Å². The van der Waals surface area contributed by atoms with Crippen molar-refractivity contribution < 1.29 is 14.7 Å². The summed E-state index contributed by atoms with van der Waals surface area (Å²) in [5, 5.41) is 11.8. The first-order valence-electron chi connectivity index (χ1n) is 5.83. The van der Waals surface area contributed by atoms with Gasteiger partial charge in [0.2, 0.25) is 0 Å². The average Bonchev–Trinajstić information content (AvgIpc) is 2.45. The lowest BCUT2D eigenvalue weighted by molar-refractivity contribution is -0.131. The van der Waals surface area contributed by atoms with Crippen LogP contribution in [0.15, 0.2) is 54.6 Å². The number of nitrogens with one attached hydrogen (secondary N) is 1. The Morgan fingerprint density at radius 3 is 2.26 bits per heavy atom. The molecule has 4 heteroatoms. The molecular weight excluding hydrogens is 242 g/mol. The van der Waals surface area contributed by atoms with Gasteiger partial charge in [0.25, 0.3) is 5.78 Å². The highest BCUT2D eigenvalue weighted by Crippen LogP contribution is 2.17. The van der Waals surface area contributed by atoms with Crippen molar-refractivity contribution in [1.82, 2.24) is 0 Å². The van der Waals surface area contributed by atoms with Crippen LogP contribution in [0.5, 0.6) is 0 Å². The van der Waals surface area contributed by atoms with Gasteiger partial charge in [-0.25, -0.2) is 4.79 Å². The molecule has 0 aliphatic carbocycles. The number of Topliss-reactive ketones (excluding diaryl/α,β-unsaturated/α-hetero) is 1. The summed E-state index contributed by atoms with van der Waals surface area (Å²) in [6.45, 7) is 0.532. The summed E-state index contributed by atoms with van der Waals surface area (Å²) >= 11 is 0. The molecule has 0 aliphatic heterocycles. The topological polar surface area (TPSA) is 66.4 Å². The fraction of sp³-hybridized carbons (Fsp3) is 0.0667. The second-order valence-electron chi connectivity index (χ2n) is 4.02. The molecule has 0 aliphatic rings. The number of hydrogen-bond donors (Lipinski definition) is 2. The van der Waals surface area contributed by atoms with E-state index >= 15 is 0 Å². The molecule has 0 spiro atoms. The monoisotopic (exact) mass is 255 g/mol. The number of aliphatic carboxylic acids is 1. The molecule has 0 unspecified atom stereocenters. The van der Waals surface area contributed by atoms with Gasteiger partial charge in [0.1, 0.15) is 0 Å². The number of carboxylic acids is 1. The minimum atomic E-state index is -1.45. The van der Waals surface area contributed by atoms with Crippen molar-refractivity contribution in [3.8, 4) is 0 Å². The molecule has 0 amide bonds. The number of carboxylic acid groups (broad SMARTS) is 1. The SMILES string of the molecule is O=C(O)C(=O)c1ccccc1NCc1ccccc1. The molecular formula is C15H13NO3. The Labute approximate surface area is 110 Å². The van der Waals surface area contributed by atoms with Crippen LogP contribution in [0.1, 0.15) is 15.9 Å². The molecule has 4 nitrogen and oxygen atoms in total. The second-order valence-corrected chi connectivity index (χ2v) is 4.02. The van der Waals surface area contributed by atoms with Crippen LogP contribution in [-0.4, -0.2) is 16.9 Å². The zero-order chi connectivity index (χ0) is 13.7. The molecule has 0 heterocycles. The minimum Gasteiger partial charge on any atom is -0.475 e. The molecule has 19 heavy (non-hydrogen) atoms. The van der Waals surface area contributed by atoms with Gasteiger partial charge in [-0.15, -0.1) is 0 Å². The first-order chi connectivity index (χ1) is 9.18. The van der Waals surface area contributed by atoms with Crippen LogP contribution in [0.25, 0.3) is 0 Å². The first kappa shape index (κ1) is 12.8. The molecule has 0 saturated heterocycles. The zero-order valence-corrected chi connectivity index (χ0v) is 10.2. The highest BCUT2D eigenvalue weighted by Gasteiger charge is 2.17. The fourth-order valence-corrected chi connectivity index (χ4v) is 1.74. The number of carbonyl (C=O) groups is 2.